The number of aryl methyl sites for hydroxylation is 1. The maximum Gasteiger partial charge on any atom is 0.307 e. The van der Waals surface area contributed by atoms with Crippen LogP contribution >= 0.6 is 0 Å². The van der Waals surface area contributed by atoms with E-state index in [1.165, 1.54) is 6.07 Å². The molecule has 0 unspecified atom stereocenters. The van der Waals surface area contributed by atoms with Crippen molar-refractivity contribution in [3.63, 3.8) is 0 Å². The monoisotopic (exact) mass is 325 g/mol. The topological polar surface area (TPSA) is 68.0 Å². The second kappa shape index (κ2) is 4.87. The maximum atomic E-state index is 14.6. The molecule has 5 nitrogen and oxygen atoms in total. The lowest BCUT2D eigenvalue weighted by Gasteiger charge is -2.13. The molecule has 1 N–H and O–H groups in total. The maximum absolute atomic E-state index is 14.6. The smallest absolute Gasteiger partial charge is 0.307 e. The van der Waals surface area contributed by atoms with Crippen LogP contribution in [0.5, 0.6) is 0 Å². The van der Waals surface area contributed by atoms with E-state index in [1.54, 1.807) is 23.9 Å². The zero-order chi connectivity index (χ0) is 17.1. The average molecular weight is 325 g/mol. The molecule has 0 aliphatic heterocycles. The Morgan fingerprint density at radius 2 is 2.17 bits per heavy atom. The highest BCUT2D eigenvalue weighted by atomic mass is 19.1. The molecule has 1 fully saturated rings. The van der Waals surface area contributed by atoms with Gasteiger partial charge in [0, 0.05) is 35.8 Å². The van der Waals surface area contributed by atoms with Crippen molar-refractivity contribution in [2.75, 3.05) is 0 Å². The lowest BCUT2D eigenvalue weighted by atomic mass is 9.92. The summed E-state index contributed by atoms with van der Waals surface area (Å²) in [5.74, 6) is -1.75. The average Bonchev–Trinajstić information content (AvgIpc) is 3.08. The van der Waals surface area contributed by atoms with E-state index >= 15 is 0 Å². The second-order valence-electron chi connectivity index (χ2n) is 6.65. The molecule has 1 aliphatic rings. The van der Waals surface area contributed by atoms with Crippen molar-refractivity contribution in [1.29, 1.82) is 0 Å². The van der Waals surface area contributed by atoms with E-state index in [-0.39, 0.29) is 5.82 Å². The van der Waals surface area contributed by atoms with E-state index < -0.39 is 17.3 Å². The number of hydrogen-bond donors (Lipinski definition) is 1. The van der Waals surface area contributed by atoms with E-state index in [1.807, 2.05) is 25.4 Å². The summed E-state index contributed by atoms with van der Waals surface area (Å²) in [5.41, 5.74) is 2.02. The minimum absolute atomic E-state index is 0.370. The molecule has 1 aromatic carbocycles. The molecule has 1 aliphatic carbocycles. The molecule has 2 heterocycles. The van der Waals surface area contributed by atoms with Gasteiger partial charge < -0.3 is 5.11 Å². The van der Waals surface area contributed by atoms with Crippen LogP contribution in [0, 0.1) is 11.7 Å². The van der Waals surface area contributed by atoms with Gasteiger partial charge in [-0.15, -0.1) is 0 Å². The van der Waals surface area contributed by atoms with Crippen LogP contribution < -0.4 is 0 Å². The summed E-state index contributed by atoms with van der Waals surface area (Å²) in [7, 11) is 1.82. The molecule has 0 saturated heterocycles. The Labute approximate surface area is 137 Å². The predicted molar refractivity (Wildman–Crippen MR) is 87.0 cm³/mol. The number of carbonyl (C=O) groups is 1. The van der Waals surface area contributed by atoms with Gasteiger partial charge in [0.2, 0.25) is 0 Å². The molecule has 0 amide bonds. The van der Waals surface area contributed by atoms with Gasteiger partial charge in [-0.1, -0.05) is 19.1 Å². The fraction of sp³-hybridized carbons (Fsp3) is 0.278. The summed E-state index contributed by atoms with van der Waals surface area (Å²) in [4.78, 5) is 15.4. The Kier molecular flexibility index (Phi) is 3.00. The fourth-order valence-electron chi connectivity index (χ4n) is 3.37. The quantitative estimate of drug-likeness (QED) is 0.803. The number of aromatic nitrogens is 3. The van der Waals surface area contributed by atoms with Crippen LogP contribution in [0.15, 0.2) is 36.7 Å². The molecule has 3 aromatic rings. The molecular weight excluding hydrogens is 309 g/mol. The number of pyridine rings is 1. The third kappa shape index (κ3) is 2.18. The summed E-state index contributed by atoms with van der Waals surface area (Å²) in [6.07, 6.45) is 4.00. The van der Waals surface area contributed by atoms with Crippen molar-refractivity contribution in [2.24, 2.45) is 13.0 Å². The first kappa shape index (κ1) is 14.8. The fourth-order valence-corrected chi connectivity index (χ4v) is 3.37. The van der Waals surface area contributed by atoms with Crippen molar-refractivity contribution in [3.05, 3.63) is 48.0 Å². The van der Waals surface area contributed by atoms with Gasteiger partial charge in [-0.3, -0.25) is 9.48 Å². The number of rotatable bonds is 3. The molecule has 122 valence electrons. The summed E-state index contributed by atoms with van der Waals surface area (Å²) in [6, 6.07) is 6.89. The Balaban J connectivity index is 1.72. The van der Waals surface area contributed by atoms with E-state index in [4.69, 9.17) is 5.11 Å². The third-order valence-corrected chi connectivity index (χ3v) is 4.93. The first-order chi connectivity index (χ1) is 11.4. The van der Waals surface area contributed by atoms with Gasteiger partial charge in [0.25, 0.3) is 0 Å². The molecule has 1 saturated carbocycles. The van der Waals surface area contributed by atoms with Crippen molar-refractivity contribution in [2.45, 2.75) is 18.8 Å². The summed E-state index contributed by atoms with van der Waals surface area (Å²) < 4.78 is 16.3. The second-order valence-corrected chi connectivity index (χ2v) is 6.65. The zero-order valence-electron chi connectivity index (χ0n) is 13.3. The summed E-state index contributed by atoms with van der Waals surface area (Å²) >= 11 is 0. The molecule has 0 spiro atoms. The molecule has 2 aromatic heterocycles. The van der Waals surface area contributed by atoms with Gasteiger partial charge in [0.05, 0.1) is 5.92 Å². The third-order valence-electron chi connectivity index (χ3n) is 4.93. The first-order valence-corrected chi connectivity index (χ1v) is 7.71. The number of carboxylic acid groups (broad SMARTS) is 1. The number of fused-ring (bicyclic) bond motifs is 1. The minimum Gasteiger partial charge on any atom is -0.481 e. The molecular formula is C18H16FN3O2. The van der Waals surface area contributed by atoms with E-state index in [0.29, 0.717) is 23.2 Å². The van der Waals surface area contributed by atoms with Gasteiger partial charge in [-0.05, 0) is 29.7 Å². The van der Waals surface area contributed by atoms with Crippen LogP contribution in [0.3, 0.4) is 0 Å². The SMILES string of the molecule is Cn1cc2cc(-c3ccc([C@]4(C)C[C@H]4C(=O)O)c(F)c3)cnc2n1. The molecule has 0 radical (unpaired) electrons. The zero-order valence-corrected chi connectivity index (χ0v) is 13.3. The standard InChI is InChI=1S/C18H16FN3O2/c1-18(7-14(18)17(23)24)13-4-3-10(6-15(13)19)11-5-12-9-22(2)21-16(12)20-8-11/h3-6,8-9,14H,7H2,1-2H3,(H,23,24)/t14-,18-/m0/s1. The Morgan fingerprint density at radius 1 is 1.38 bits per heavy atom. The van der Waals surface area contributed by atoms with E-state index in [0.717, 1.165) is 10.9 Å². The highest BCUT2D eigenvalue weighted by Gasteiger charge is 2.57. The normalized spacial score (nSPS) is 22.7. The molecule has 6 heteroatoms. The van der Waals surface area contributed by atoms with Crippen LogP contribution in [-0.4, -0.2) is 25.8 Å². The van der Waals surface area contributed by atoms with Crippen molar-refractivity contribution >= 4 is 17.0 Å². The number of halogens is 1. The first-order valence-electron chi connectivity index (χ1n) is 7.71. The van der Waals surface area contributed by atoms with Gasteiger partial charge in [0.15, 0.2) is 5.65 Å². The van der Waals surface area contributed by atoms with Gasteiger partial charge >= 0.3 is 5.97 Å². The Bertz CT molecular complexity index is 982. The lowest BCUT2D eigenvalue weighted by molar-refractivity contribution is -0.138. The van der Waals surface area contributed by atoms with Crippen LogP contribution in [0.4, 0.5) is 4.39 Å². The number of benzene rings is 1. The molecule has 0 bridgehead atoms. The molecule has 24 heavy (non-hydrogen) atoms. The predicted octanol–water partition coefficient (Wildman–Crippen LogP) is 3.14. The summed E-state index contributed by atoms with van der Waals surface area (Å²) in [5, 5.41) is 14.2. The Morgan fingerprint density at radius 3 is 2.83 bits per heavy atom. The largest absolute Gasteiger partial charge is 0.481 e. The van der Waals surface area contributed by atoms with Crippen LogP contribution in [0.25, 0.3) is 22.2 Å². The van der Waals surface area contributed by atoms with Crippen molar-refractivity contribution < 1.29 is 14.3 Å². The van der Waals surface area contributed by atoms with Gasteiger partial charge in [-0.25, -0.2) is 9.37 Å². The number of aliphatic carboxylic acids is 1. The number of hydrogen-bond acceptors (Lipinski definition) is 3. The van der Waals surface area contributed by atoms with Crippen LogP contribution in [0.2, 0.25) is 0 Å². The minimum atomic E-state index is -0.868. The van der Waals surface area contributed by atoms with Crippen molar-refractivity contribution in [3.8, 4) is 11.1 Å². The highest BCUT2D eigenvalue weighted by Crippen LogP contribution is 2.54. The molecule has 4 rings (SSSR count). The van der Waals surface area contributed by atoms with Crippen LogP contribution in [-0.2, 0) is 17.3 Å². The molecule has 2 atom stereocenters. The Hall–Kier alpha value is -2.76. The van der Waals surface area contributed by atoms with Gasteiger partial charge in [0.1, 0.15) is 5.82 Å². The van der Waals surface area contributed by atoms with E-state index in [9.17, 15) is 9.18 Å². The van der Waals surface area contributed by atoms with Crippen molar-refractivity contribution in [1.82, 2.24) is 14.8 Å². The number of carboxylic acids is 1. The lowest BCUT2D eigenvalue weighted by Crippen LogP contribution is -2.12. The van der Waals surface area contributed by atoms with Crippen LogP contribution in [0.1, 0.15) is 18.9 Å². The van der Waals surface area contributed by atoms with E-state index in [2.05, 4.69) is 10.1 Å². The summed E-state index contributed by atoms with van der Waals surface area (Å²) in [6.45, 7) is 1.80. The van der Waals surface area contributed by atoms with Gasteiger partial charge in [-0.2, -0.15) is 5.10 Å². The highest BCUT2D eigenvalue weighted by molar-refractivity contribution is 5.81. The number of nitrogens with zero attached hydrogens (tertiary/aromatic N) is 3.